The van der Waals surface area contributed by atoms with Crippen LogP contribution in [-0.4, -0.2) is 32.9 Å². The minimum Gasteiger partial charge on any atom is -0.349 e. The molecule has 0 bridgehead atoms. The smallest absolute Gasteiger partial charge is 0.173 e. The predicted octanol–water partition coefficient (Wildman–Crippen LogP) is 2.16. The first-order valence-electron chi connectivity index (χ1n) is 6.12. The van der Waals surface area contributed by atoms with Gasteiger partial charge in [0.25, 0.3) is 0 Å². The minimum absolute atomic E-state index is 0.735. The van der Waals surface area contributed by atoms with E-state index >= 15 is 0 Å². The van der Waals surface area contributed by atoms with E-state index in [-0.39, 0.29) is 0 Å². The van der Waals surface area contributed by atoms with E-state index in [4.69, 9.17) is 12.2 Å². The van der Waals surface area contributed by atoms with Gasteiger partial charge in [0.15, 0.2) is 5.11 Å². The summed E-state index contributed by atoms with van der Waals surface area (Å²) in [6.45, 7) is 6.40. The molecule has 0 aromatic carbocycles. The lowest BCUT2D eigenvalue weighted by atomic mass is 10.0. The highest BCUT2D eigenvalue weighted by Gasteiger charge is 2.19. The lowest BCUT2D eigenvalue weighted by molar-refractivity contribution is 0.276. The Hall–Kier alpha value is -1.10. The highest BCUT2D eigenvalue weighted by molar-refractivity contribution is 7.80. The molecular weight excluding hydrogens is 232 g/mol. The van der Waals surface area contributed by atoms with Gasteiger partial charge in [0.2, 0.25) is 0 Å². The number of piperidine rings is 1. The minimum atomic E-state index is 0.735. The molecule has 1 atom stereocenters. The van der Waals surface area contributed by atoms with Crippen LogP contribution >= 0.6 is 12.2 Å². The normalized spacial score (nSPS) is 20.4. The topological polar surface area (TPSA) is 33.1 Å². The van der Waals surface area contributed by atoms with Gasteiger partial charge in [-0.05, 0) is 37.9 Å². The first-order chi connectivity index (χ1) is 8.06. The zero-order chi connectivity index (χ0) is 12.4. The Labute approximate surface area is 108 Å². The maximum absolute atomic E-state index is 5.46. The van der Waals surface area contributed by atoms with Crippen molar-refractivity contribution in [1.29, 1.82) is 0 Å². The zero-order valence-corrected chi connectivity index (χ0v) is 11.5. The number of hydrogen-bond donors (Lipinski definition) is 1. The van der Waals surface area contributed by atoms with Crippen LogP contribution in [-0.2, 0) is 7.05 Å². The molecule has 1 unspecified atom stereocenters. The fourth-order valence-electron chi connectivity index (χ4n) is 2.29. The highest BCUT2D eigenvalue weighted by Crippen LogP contribution is 2.18. The molecule has 0 aliphatic carbocycles. The van der Waals surface area contributed by atoms with Crippen LogP contribution in [0.4, 0.5) is 5.69 Å². The summed E-state index contributed by atoms with van der Waals surface area (Å²) < 4.78 is 1.80. The van der Waals surface area contributed by atoms with E-state index in [1.165, 1.54) is 12.8 Å². The molecule has 1 N–H and O–H groups in total. The van der Waals surface area contributed by atoms with Crippen LogP contribution in [0.2, 0.25) is 0 Å². The molecule has 1 aromatic rings. The van der Waals surface area contributed by atoms with E-state index in [0.29, 0.717) is 0 Å². The molecule has 0 radical (unpaired) electrons. The summed E-state index contributed by atoms with van der Waals surface area (Å²) in [4.78, 5) is 2.26. The van der Waals surface area contributed by atoms with Gasteiger partial charge in [0.05, 0.1) is 11.4 Å². The van der Waals surface area contributed by atoms with Crippen LogP contribution in [0.1, 0.15) is 25.5 Å². The number of thiocarbonyl (C=S) groups is 1. The van der Waals surface area contributed by atoms with Crippen molar-refractivity contribution in [2.45, 2.75) is 26.7 Å². The van der Waals surface area contributed by atoms with Crippen molar-refractivity contribution in [1.82, 2.24) is 14.7 Å². The number of nitrogens with zero attached hydrogens (tertiary/aromatic N) is 3. The van der Waals surface area contributed by atoms with E-state index in [2.05, 4.69) is 22.2 Å². The van der Waals surface area contributed by atoms with E-state index < -0.39 is 0 Å². The standard InChI is InChI=1S/C12H20N4S/c1-9-5-4-6-16(7-9)12(17)13-11-8-15(3)14-10(11)2/h8-9H,4-7H2,1-3H3,(H,13,17). The molecule has 1 fully saturated rings. The summed E-state index contributed by atoms with van der Waals surface area (Å²) in [6.07, 6.45) is 4.51. The van der Waals surface area contributed by atoms with E-state index in [1.54, 1.807) is 4.68 Å². The van der Waals surface area contributed by atoms with Gasteiger partial charge in [-0.15, -0.1) is 0 Å². The largest absolute Gasteiger partial charge is 0.349 e. The Morgan fingerprint density at radius 2 is 2.35 bits per heavy atom. The van der Waals surface area contributed by atoms with Crippen LogP contribution in [0.25, 0.3) is 0 Å². The molecular formula is C12H20N4S. The second-order valence-corrected chi connectivity index (χ2v) is 5.31. The number of likely N-dealkylation sites (tertiary alicyclic amines) is 1. The Balaban J connectivity index is 1.99. The Morgan fingerprint density at radius 1 is 1.59 bits per heavy atom. The average Bonchev–Trinajstić information content (AvgIpc) is 2.57. The fraction of sp³-hybridized carbons (Fsp3) is 0.667. The summed E-state index contributed by atoms with van der Waals surface area (Å²) in [6, 6.07) is 0. The summed E-state index contributed by atoms with van der Waals surface area (Å²) in [5, 5.41) is 8.42. The molecule has 2 rings (SSSR count). The summed E-state index contributed by atoms with van der Waals surface area (Å²) in [7, 11) is 1.92. The first-order valence-corrected chi connectivity index (χ1v) is 6.53. The molecule has 1 aromatic heterocycles. The van der Waals surface area contributed by atoms with Crippen molar-refractivity contribution in [3.05, 3.63) is 11.9 Å². The summed E-state index contributed by atoms with van der Waals surface area (Å²) >= 11 is 5.46. The summed E-state index contributed by atoms with van der Waals surface area (Å²) in [5.74, 6) is 0.735. The lowest BCUT2D eigenvalue weighted by Crippen LogP contribution is -2.41. The molecule has 17 heavy (non-hydrogen) atoms. The van der Waals surface area contributed by atoms with E-state index in [1.807, 2.05) is 20.2 Å². The van der Waals surface area contributed by atoms with Crippen LogP contribution in [0.5, 0.6) is 0 Å². The van der Waals surface area contributed by atoms with Gasteiger partial charge >= 0.3 is 0 Å². The number of nitrogens with one attached hydrogen (secondary N) is 1. The monoisotopic (exact) mass is 252 g/mol. The number of aryl methyl sites for hydroxylation is 2. The first kappa shape index (κ1) is 12.4. The molecule has 1 aliphatic rings. The van der Waals surface area contributed by atoms with Crippen molar-refractivity contribution in [2.24, 2.45) is 13.0 Å². The van der Waals surface area contributed by atoms with E-state index in [9.17, 15) is 0 Å². The number of rotatable bonds is 1. The fourth-order valence-corrected chi connectivity index (χ4v) is 2.57. The second kappa shape index (κ2) is 5.04. The third-order valence-electron chi connectivity index (χ3n) is 3.20. The quantitative estimate of drug-likeness (QED) is 0.777. The van der Waals surface area contributed by atoms with Crippen molar-refractivity contribution < 1.29 is 0 Å². The SMILES string of the molecule is Cc1nn(C)cc1NC(=S)N1CCCC(C)C1. The second-order valence-electron chi connectivity index (χ2n) is 4.93. The molecule has 1 saturated heterocycles. The highest BCUT2D eigenvalue weighted by atomic mass is 32.1. The molecule has 0 amide bonds. The molecule has 0 spiro atoms. The van der Waals surface area contributed by atoms with Crippen molar-refractivity contribution in [3.63, 3.8) is 0 Å². The van der Waals surface area contributed by atoms with Gasteiger partial charge in [-0.25, -0.2) is 0 Å². The van der Waals surface area contributed by atoms with Gasteiger partial charge in [0, 0.05) is 26.3 Å². The maximum Gasteiger partial charge on any atom is 0.173 e. The number of hydrogen-bond acceptors (Lipinski definition) is 2. The third kappa shape index (κ3) is 2.97. The van der Waals surface area contributed by atoms with Crippen molar-refractivity contribution >= 4 is 23.0 Å². The molecule has 1 aliphatic heterocycles. The lowest BCUT2D eigenvalue weighted by Gasteiger charge is -2.32. The number of anilines is 1. The molecule has 5 heteroatoms. The van der Waals surface area contributed by atoms with E-state index in [0.717, 1.165) is 35.5 Å². The van der Waals surface area contributed by atoms with Gasteiger partial charge in [0.1, 0.15) is 0 Å². The van der Waals surface area contributed by atoms with Gasteiger partial charge in [-0.2, -0.15) is 5.10 Å². The van der Waals surface area contributed by atoms with Crippen LogP contribution in [0.15, 0.2) is 6.20 Å². The summed E-state index contributed by atoms with van der Waals surface area (Å²) in [5.41, 5.74) is 2.00. The Bertz CT molecular complexity index is 413. The zero-order valence-electron chi connectivity index (χ0n) is 10.7. The van der Waals surface area contributed by atoms with Gasteiger partial charge in [-0.1, -0.05) is 6.92 Å². The van der Waals surface area contributed by atoms with Gasteiger partial charge in [-0.3, -0.25) is 4.68 Å². The average molecular weight is 252 g/mol. The molecule has 2 heterocycles. The van der Waals surface area contributed by atoms with Crippen molar-refractivity contribution in [3.8, 4) is 0 Å². The van der Waals surface area contributed by atoms with Crippen LogP contribution < -0.4 is 5.32 Å². The van der Waals surface area contributed by atoms with Crippen LogP contribution in [0, 0.1) is 12.8 Å². The third-order valence-corrected chi connectivity index (χ3v) is 3.56. The predicted molar refractivity (Wildman–Crippen MR) is 74.1 cm³/mol. The van der Waals surface area contributed by atoms with Crippen molar-refractivity contribution in [2.75, 3.05) is 18.4 Å². The van der Waals surface area contributed by atoms with Gasteiger partial charge < -0.3 is 10.2 Å². The Kier molecular flexibility index (Phi) is 3.66. The molecule has 0 saturated carbocycles. The maximum atomic E-state index is 5.46. The Morgan fingerprint density at radius 3 is 2.94 bits per heavy atom. The molecule has 94 valence electrons. The molecule has 4 nitrogen and oxygen atoms in total. The number of aromatic nitrogens is 2. The van der Waals surface area contributed by atoms with Crippen LogP contribution in [0.3, 0.4) is 0 Å².